The largest absolute Gasteiger partial charge is 0.357 e. The lowest BCUT2D eigenvalue weighted by Crippen LogP contribution is -2.25. The molecule has 2 heteroatoms. The van der Waals surface area contributed by atoms with E-state index >= 15 is 0 Å². The zero-order valence-corrected chi connectivity index (χ0v) is 13.7. The Hall–Kier alpha value is -2.06. The summed E-state index contributed by atoms with van der Waals surface area (Å²) in [4.78, 5) is 3.69. The third kappa shape index (κ3) is 2.68. The predicted octanol–water partition coefficient (Wildman–Crippen LogP) is 5.21. The summed E-state index contributed by atoms with van der Waals surface area (Å²) in [5, 5.41) is 5.11. The fraction of sp³-hybridized carbons (Fsp3) is 0.333. The van der Waals surface area contributed by atoms with Crippen LogP contribution in [0.3, 0.4) is 0 Å². The molecular formula is C21H24N2. The number of hydrogen-bond donors (Lipinski definition) is 2. The highest BCUT2D eigenvalue weighted by Gasteiger charge is 2.23. The molecule has 1 unspecified atom stereocenters. The number of H-pyrrole nitrogens is 1. The first-order valence-electron chi connectivity index (χ1n) is 8.80. The van der Waals surface area contributed by atoms with Gasteiger partial charge in [-0.2, -0.15) is 0 Å². The Morgan fingerprint density at radius 3 is 2.78 bits per heavy atom. The average molecular weight is 304 g/mol. The highest BCUT2D eigenvalue weighted by Crippen LogP contribution is 2.36. The molecule has 0 spiro atoms. The molecule has 0 fully saturated rings. The molecule has 3 aromatic rings. The van der Waals surface area contributed by atoms with Crippen LogP contribution >= 0.6 is 0 Å². The van der Waals surface area contributed by atoms with Crippen molar-refractivity contribution in [1.29, 1.82) is 0 Å². The van der Waals surface area contributed by atoms with Gasteiger partial charge in [0.1, 0.15) is 0 Å². The van der Waals surface area contributed by atoms with Gasteiger partial charge in [0.2, 0.25) is 0 Å². The molecule has 1 aliphatic carbocycles. The van der Waals surface area contributed by atoms with Crippen molar-refractivity contribution in [3.05, 3.63) is 59.8 Å². The molecule has 1 heterocycles. The average Bonchev–Trinajstić information content (AvgIpc) is 2.99. The quantitative estimate of drug-likeness (QED) is 0.680. The first-order valence-corrected chi connectivity index (χ1v) is 8.80. The third-order valence-electron chi connectivity index (χ3n) is 4.96. The standard InChI is InChI=1S/C21H24N2/c1-2-13-22-20-10-6-9-17-18-14-16(15-7-4-3-5-8-15)11-12-19(18)23-21(17)20/h3-5,7-8,11-12,14,20,22-23H,2,6,9-10,13H2,1H3. The summed E-state index contributed by atoms with van der Waals surface area (Å²) in [7, 11) is 0. The molecule has 0 aliphatic heterocycles. The number of benzene rings is 2. The van der Waals surface area contributed by atoms with Crippen LogP contribution < -0.4 is 5.32 Å². The van der Waals surface area contributed by atoms with Crippen LogP contribution in [0.15, 0.2) is 48.5 Å². The molecular weight excluding hydrogens is 280 g/mol. The van der Waals surface area contributed by atoms with Crippen LogP contribution in [-0.2, 0) is 6.42 Å². The minimum Gasteiger partial charge on any atom is -0.357 e. The molecule has 118 valence electrons. The van der Waals surface area contributed by atoms with Gasteiger partial charge < -0.3 is 10.3 Å². The van der Waals surface area contributed by atoms with Crippen LogP contribution in [-0.4, -0.2) is 11.5 Å². The lowest BCUT2D eigenvalue weighted by atomic mass is 9.91. The van der Waals surface area contributed by atoms with Crippen LogP contribution in [0.5, 0.6) is 0 Å². The highest BCUT2D eigenvalue weighted by atomic mass is 14.9. The fourth-order valence-electron chi connectivity index (χ4n) is 3.80. The summed E-state index contributed by atoms with van der Waals surface area (Å²) in [6, 6.07) is 18.0. The van der Waals surface area contributed by atoms with Gasteiger partial charge >= 0.3 is 0 Å². The normalized spacial score (nSPS) is 17.3. The summed E-state index contributed by atoms with van der Waals surface area (Å²) >= 11 is 0. The topological polar surface area (TPSA) is 27.8 Å². The van der Waals surface area contributed by atoms with E-state index < -0.39 is 0 Å². The van der Waals surface area contributed by atoms with Gasteiger partial charge in [-0.3, -0.25) is 0 Å². The second kappa shape index (κ2) is 6.21. The van der Waals surface area contributed by atoms with Gasteiger partial charge in [-0.15, -0.1) is 0 Å². The van der Waals surface area contributed by atoms with Crippen molar-refractivity contribution in [2.75, 3.05) is 6.54 Å². The zero-order valence-electron chi connectivity index (χ0n) is 13.7. The van der Waals surface area contributed by atoms with Crippen molar-refractivity contribution in [2.45, 2.75) is 38.6 Å². The molecule has 0 radical (unpaired) electrons. The number of aromatic nitrogens is 1. The minimum absolute atomic E-state index is 0.492. The molecule has 1 aliphatic rings. The van der Waals surface area contributed by atoms with E-state index in [1.807, 2.05) is 0 Å². The molecule has 0 amide bonds. The van der Waals surface area contributed by atoms with Crippen LogP contribution in [0.25, 0.3) is 22.0 Å². The number of rotatable bonds is 4. The van der Waals surface area contributed by atoms with Crippen molar-refractivity contribution in [3.63, 3.8) is 0 Å². The number of nitrogens with one attached hydrogen (secondary N) is 2. The number of fused-ring (bicyclic) bond motifs is 3. The van der Waals surface area contributed by atoms with Crippen molar-refractivity contribution in [1.82, 2.24) is 10.3 Å². The van der Waals surface area contributed by atoms with Gasteiger partial charge in [-0.1, -0.05) is 43.3 Å². The molecule has 4 rings (SSSR count). The molecule has 23 heavy (non-hydrogen) atoms. The van der Waals surface area contributed by atoms with Crippen LogP contribution in [0.2, 0.25) is 0 Å². The zero-order chi connectivity index (χ0) is 15.6. The van der Waals surface area contributed by atoms with E-state index in [0.717, 1.165) is 6.54 Å². The van der Waals surface area contributed by atoms with Crippen LogP contribution in [0.4, 0.5) is 0 Å². The first-order chi connectivity index (χ1) is 11.4. The predicted molar refractivity (Wildman–Crippen MR) is 97.7 cm³/mol. The fourth-order valence-corrected chi connectivity index (χ4v) is 3.80. The first kappa shape index (κ1) is 14.5. The Morgan fingerprint density at radius 2 is 1.96 bits per heavy atom. The summed E-state index contributed by atoms with van der Waals surface area (Å²) in [5.41, 5.74) is 6.83. The van der Waals surface area contributed by atoms with Crippen molar-refractivity contribution < 1.29 is 0 Å². The van der Waals surface area contributed by atoms with Gasteiger partial charge in [0, 0.05) is 22.6 Å². The van der Waals surface area contributed by atoms with Crippen LogP contribution in [0, 0.1) is 0 Å². The summed E-state index contributed by atoms with van der Waals surface area (Å²) in [6.07, 6.45) is 4.89. The lowest BCUT2D eigenvalue weighted by molar-refractivity contribution is 0.454. The molecule has 2 aromatic carbocycles. The Bertz CT molecular complexity index is 801. The molecule has 0 saturated carbocycles. The Labute approximate surface area is 137 Å². The number of hydrogen-bond acceptors (Lipinski definition) is 1. The van der Waals surface area contributed by atoms with Gasteiger partial charge in [0.05, 0.1) is 0 Å². The van der Waals surface area contributed by atoms with Crippen molar-refractivity contribution in [3.8, 4) is 11.1 Å². The summed E-state index contributed by atoms with van der Waals surface area (Å²) in [5.74, 6) is 0. The number of aromatic amines is 1. The summed E-state index contributed by atoms with van der Waals surface area (Å²) < 4.78 is 0. The van der Waals surface area contributed by atoms with Gasteiger partial charge in [0.15, 0.2) is 0 Å². The Kier molecular flexibility index (Phi) is 3.92. The number of aryl methyl sites for hydroxylation is 1. The maximum Gasteiger partial charge on any atom is 0.0476 e. The molecule has 1 aromatic heterocycles. The molecule has 1 atom stereocenters. The van der Waals surface area contributed by atoms with Gasteiger partial charge in [-0.25, -0.2) is 0 Å². The minimum atomic E-state index is 0.492. The SMILES string of the molecule is CCCNC1CCCc2c1[nH]c1ccc(-c3ccccc3)cc21. The third-order valence-corrected chi connectivity index (χ3v) is 4.96. The second-order valence-electron chi connectivity index (χ2n) is 6.54. The van der Waals surface area contributed by atoms with E-state index in [1.54, 1.807) is 0 Å². The van der Waals surface area contributed by atoms with Gasteiger partial charge in [-0.05, 0) is 61.1 Å². The molecule has 0 bridgehead atoms. The smallest absolute Gasteiger partial charge is 0.0476 e. The van der Waals surface area contributed by atoms with E-state index in [1.165, 1.54) is 59.0 Å². The second-order valence-corrected chi connectivity index (χ2v) is 6.54. The Balaban J connectivity index is 1.77. The van der Waals surface area contributed by atoms with E-state index in [4.69, 9.17) is 0 Å². The lowest BCUT2D eigenvalue weighted by Gasteiger charge is -2.23. The van der Waals surface area contributed by atoms with Crippen LogP contribution in [0.1, 0.15) is 43.5 Å². The van der Waals surface area contributed by atoms with Crippen molar-refractivity contribution >= 4 is 10.9 Å². The van der Waals surface area contributed by atoms with E-state index in [2.05, 4.69) is 65.8 Å². The maximum absolute atomic E-state index is 3.70. The van der Waals surface area contributed by atoms with E-state index in [0.29, 0.717) is 6.04 Å². The monoisotopic (exact) mass is 304 g/mol. The highest BCUT2D eigenvalue weighted by molar-refractivity contribution is 5.89. The molecule has 2 N–H and O–H groups in total. The Morgan fingerprint density at radius 1 is 1.09 bits per heavy atom. The molecule has 0 saturated heterocycles. The van der Waals surface area contributed by atoms with Gasteiger partial charge in [0.25, 0.3) is 0 Å². The van der Waals surface area contributed by atoms with Crippen molar-refractivity contribution in [2.24, 2.45) is 0 Å². The maximum atomic E-state index is 3.70. The summed E-state index contributed by atoms with van der Waals surface area (Å²) in [6.45, 7) is 3.32. The van der Waals surface area contributed by atoms with E-state index in [9.17, 15) is 0 Å². The molecule has 2 nitrogen and oxygen atoms in total. The van der Waals surface area contributed by atoms with E-state index in [-0.39, 0.29) is 0 Å².